The Morgan fingerprint density at radius 3 is 2.73 bits per heavy atom. The normalized spacial score (nSPS) is 17.2. The van der Waals surface area contributed by atoms with Crippen LogP contribution in [0.5, 0.6) is 0 Å². The third-order valence-corrected chi connectivity index (χ3v) is 6.62. The van der Waals surface area contributed by atoms with Gasteiger partial charge in [-0.15, -0.1) is 0 Å². The molecule has 3 aromatic rings. The van der Waals surface area contributed by atoms with Gasteiger partial charge in [0.1, 0.15) is 5.82 Å². The van der Waals surface area contributed by atoms with Crippen LogP contribution in [0.4, 0.5) is 0 Å². The summed E-state index contributed by atoms with van der Waals surface area (Å²) < 4.78 is 2.16. The molecule has 1 aliphatic rings. The standard InChI is InChI=1S/C24H29ClN4O/c1-16(2)28-12-11-20(15-28)27(4)24(30)18-9-10-19(21(25)13-18)14-29-17(3)26-22-7-5-6-8-23(22)29/h5-10,13,16,20H,11-12,14-15H2,1-4H3/t20-/m1/s1. The minimum Gasteiger partial charge on any atom is -0.337 e. The van der Waals surface area contributed by atoms with Gasteiger partial charge >= 0.3 is 0 Å². The third-order valence-electron chi connectivity index (χ3n) is 6.27. The molecule has 2 heterocycles. The first kappa shape index (κ1) is 20.9. The molecular weight excluding hydrogens is 396 g/mol. The maximum absolute atomic E-state index is 13.1. The van der Waals surface area contributed by atoms with Crippen molar-refractivity contribution in [3.63, 3.8) is 0 Å². The summed E-state index contributed by atoms with van der Waals surface area (Å²) >= 11 is 6.61. The van der Waals surface area contributed by atoms with Crippen molar-refractivity contribution in [1.29, 1.82) is 0 Å². The van der Waals surface area contributed by atoms with E-state index in [1.54, 1.807) is 6.07 Å². The summed E-state index contributed by atoms with van der Waals surface area (Å²) in [7, 11) is 1.90. The number of rotatable bonds is 5. The zero-order valence-corrected chi connectivity index (χ0v) is 18.9. The van der Waals surface area contributed by atoms with Gasteiger partial charge in [0.25, 0.3) is 5.91 Å². The number of fused-ring (bicyclic) bond motifs is 1. The molecule has 158 valence electrons. The smallest absolute Gasteiger partial charge is 0.253 e. The lowest BCUT2D eigenvalue weighted by atomic mass is 10.1. The van der Waals surface area contributed by atoms with E-state index in [2.05, 4.69) is 34.4 Å². The highest BCUT2D eigenvalue weighted by molar-refractivity contribution is 6.31. The maximum atomic E-state index is 13.1. The van der Waals surface area contributed by atoms with Crippen molar-refractivity contribution in [2.45, 2.75) is 45.8 Å². The number of likely N-dealkylation sites (tertiary alicyclic amines) is 1. The van der Waals surface area contributed by atoms with Gasteiger partial charge in [-0.2, -0.15) is 0 Å². The first-order valence-corrected chi connectivity index (χ1v) is 10.9. The van der Waals surface area contributed by atoms with Crippen molar-refractivity contribution in [3.8, 4) is 0 Å². The number of hydrogen-bond acceptors (Lipinski definition) is 3. The van der Waals surface area contributed by atoms with Crippen molar-refractivity contribution < 1.29 is 4.79 Å². The van der Waals surface area contributed by atoms with Crippen LogP contribution in [-0.2, 0) is 6.54 Å². The first-order valence-electron chi connectivity index (χ1n) is 10.6. The SMILES string of the molecule is Cc1nc2ccccc2n1Cc1ccc(C(=O)N(C)[C@@H]2CCN(C(C)C)C2)cc1Cl. The van der Waals surface area contributed by atoms with E-state index in [0.717, 1.165) is 41.9 Å². The van der Waals surface area contributed by atoms with Gasteiger partial charge < -0.3 is 9.47 Å². The molecule has 4 rings (SSSR count). The highest BCUT2D eigenvalue weighted by atomic mass is 35.5. The minimum atomic E-state index is 0.0308. The van der Waals surface area contributed by atoms with Crippen molar-refractivity contribution in [2.24, 2.45) is 0 Å². The molecule has 2 aromatic carbocycles. The number of aryl methyl sites for hydroxylation is 1. The Morgan fingerprint density at radius 2 is 2.03 bits per heavy atom. The number of amides is 1. The summed E-state index contributed by atoms with van der Waals surface area (Å²) in [6, 6.07) is 14.5. The molecule has 0 unspecified atom stereocenters. The fraction of sp³-hybridized carbons (Fsp3) is 0.417. The van der Waals surface area contributed by atoms with E-state index in [4.69, 9.17) is 11.6 Å². The molecule has 0 bridgehead atoms. The topological polar surface area (TPSA) is 41.4 Å². The van der Waals surface area contributed by atoms with Gasteiger partial charge in [0.2, 0.25) is 0 Å². The Hall–Kier alpha value is -2.37. The summed E-state index contributed by atoms with van der Waals surface area (Å²) in [5.41, 5.74) is 3.68. The molecule has 0 radical (unpaired) electrons. The summed E-state index contributed by atoms with van der Waals surface area (Å²) in [6.45, 7) is 9.00. The molecule has 0 saturated carbocycles. The van der Waals surface area contributed by atoms with Crippen LogP contribution in [0, 0.1) is 6.92 Å². The van der Waals surface area contributed by atoms with Gasteiger partial charge in [0.05, 0.1) is 17.6 Å². The lowest BCUT2D eigenvalue weighted by Crippen LogP contribution is -2.40. The molecule has 1 aromatic heterocycles. The second-order valence-corrected chi connectivity index (χ2v) is 8.89. The van der Waals surface area contributed by atoms with Crippen LogP contribution in [0.3, 0.4) is 0 Å². The van der Waals surface area contributed by atoms with Crippen LogP contribution in [0.15, 0.2) is 42.5 Å². The molecule has 0 spiro atoms. The lowest BCUT2D eigenvalue weighted by molar-refractivity contribution is 0.0732. The molecule has 6 heteroatoms. The molecule has 1 fully saturated rings. The largest absolute Gasteiger partial charge is 0.337 e. The molecule has 0 aliphatic carbocycles. The van der Waals surface area contributed by atoms with Gasteiger partial charge in [-0.3, -0.25) is 9.69 Å². The van der Waals surface area contributed by atoms with Crippen LogP contribution in [0.25, 0.3) is 11.0 Å². The van der Waals surface area contributed by atoms with E-state index in [-0.39, 0.29) is 11.9 Å². The number of carbonyl (C=O) groups is 1. The Morgan fingerprint density at radius 1 is 1.27 bits per heavy atom. The first-order chi connectivity index (χ1) is 14.3. The fourth-order valence-electron chi connectivity index (χ4n) is 4.30. The van der Waals surface area contributed by atoms with Crippen LogP contribution in [0.1, 0.15) is 42.0 Å². The molecule has 1 aliphatic heterocycles. The Labute approximate surface area is 183 Å². The van der Waals surface area contributed by atoms with E-state index >= 15 is 0 Å². The van der Waals surface area contributed by atoms with Crippen molar-refractivity contribution >= 4 is 28.5 Å². The molecule has 30 heavy (non-hydrogen) atoms. The third kappa shape index (κ3) is 3.96. The van der Waals surface area contributed by atoms with E-state index < -0.39 is 0 Å². The monoisotopic (exact) mass is 424 g/mol. The summed E-state index contributed by atoms with van der Waals surface area (Å²) in [5.74, 6) is 0.978. The van der Waals surface area contributed by atoms with Crippen LogP contribution in [0.2, 0.25) is 5.02 Å². The average Bonchev–Trinajstić information content (AvgIpc) is 3.34. The zero-order chi connectivity index (χ0) is 21.4. The van der Waals surface area contributed by atoms with Crippen LogP contribution >= 0.6 is 11.6 Å². The number of nitrogens with zero attached hydrogens (tertiary/aromatic N) is 4. The van der Waals surface area contributed by atoms with Crippen molar-refractivity contribution in [1.82, 2.24) is 19.4 Å². The lowest BCUT2D eigenvalue weighted by Gasteiger charge is -2.26. The fourth-order valence-corrected chi connectivity index (χ4v) is 4.54. The summed E-state index contributed by atoms with van der Waals surface area (Å²) in [4.78, 5) is 22.0. The molecule has 1 amide bonds. The molecule has 1 atom stereocenters. The predicted octanol–water partition coefficient (Wildman–Crippen LogP) is 4.60. The van der Waals surface area contributed by atoms with E-state index in [0.29, 0.717) is 23.2 Å². The van der Waals surface area contributed by atoms with Gasteiger partial charge in [0, 0.05) is 42.8 Å². The molecule has 0 N–H and O–H groups in total. The second-order valence-electron chi connectivity index (χ2n) is 8.49. The number of para-hydroxylation sites is 2. The Balaban J connectivity index is 1.52. The highest BCUT2D eigenvalue weighted by Crippen LogP contribution is 2.25. The number of hydrogen-bond donors (Lipinski definition) is 0. The van der Waals surface area contributed by atoms with Gasteiger partial charge in [0.15, 0.2) is 0 Å². The minimum absolute atomic E-state index is 0.0308. The summed E-state index contributed by atoms with van der Waals surface area (Å²) in [5, 5.41) is 0.613. The summed E-state index contributed by atoms with van der Waals surface area (Å²) in [6.07, 6.45) is 1.01. The predicted molar refractivity (Wildman–Crippen MR) is 122 cm³/mol. The Kier molecular flexibility index (Phi) is 5.85. The molecular formula is C24H29ClN4O. The number of carbonyl (C=O) groups excluding carboxylic acids is 1. The van der Waals surface area contributed by atoms with Crippen molar-refractivity contribution in [3.05, 3.63) is 64.4 Å². The maximum Gasteiger partial charge on any atom is 0.253 e. The number of halogens is 1. The van der Waals surface area contributed by atoms with Crippen molar-refractivity contribution in [2.75, 3.05) is 20.1 Å². The van der Waals surface area contributed by atoms with Gasteiger partial charge in [-0.25, -0.2) is 4.98 Å². The highest BCUT2D eigenvalue weighted by Gasteiger charge is 2.30. The van der Waals surface area contributed by atoms with E-state index in [9.17, 15) is 4.79 Å². The van der Waals surface area contributed by atoms with Crippen LogP contribution in [-0.4, -0.2) is 57.5 Å². The molecule has 1 saturated heterocycles. The Bertz CT molecular complexity index is 1070. The second kappa shape index (κ2) is 8.40. The number of likely N-dealkylation sites (N-methyl/N-ethyl adjacent to an activating group) is 1. The zero-order valence-electron chi connectivity index (χ0n) is 18.1. The van der Waals surface area contributed by atoms with Crippen LogP contribution < -0.4 is 0 Å². The number of imidazole rings is 1. The van der Waals surface area contributed by atoms with E-state index in [1.165, 1.54) is 0 Å². The van der Waals surface area contributed by atoms with Gasteiger partial charge in [-0.05, 0) is 57.0 Å². The van der Waals surface area contributed by atoms with E-state index in [1.807, 2.05) is 49.2 Å². The molecule has 5 nitrogen and oxygen atoms in total. The average molecular weight is 425 g/mol. The number of aromatic nitrogens is 2. The quantitative estimate of drug-likeness (QED) is 0.601. The number of benzene rings is 2. The van der Waals surface area contributed by atoms with Gasteiger partial charge in [-0.1, -0.05) is 29.8 Å².